The van der Waals surface area contributed by atoms with Crippen LogP contribution in [0.5, 0.6) is 0 Å². The third-order valence-electron chi connectivity index (χ3n) is 6.76. The van der Waals surface area contributed by atoms with Crippen LogP contribution < -0.4 is 0 Å². The number of fused-ring (bicyclic) bond motifs is 1. The Morgan fingerprint density at radius 1 is 0.818 bits per heavy atom. The molecule has 170 valence electrons. The second-order valence-corrected chi connectivity index (χ2v) is 9.34. The Kier molecular flexibility index (Phi) is 6.77. The molecule has 0 bridgehead atoms. The first-order valence-electron chi connectivity index (χ1n) is 11.9. The molecule has 4 aromatic rings. The number of nitrogens with zero attached hydrogens (tertiary/aromatic N) is 4. The molecular weight excluding hydrogens is 428 g/mol. The third-order valence-corrected chi connectivity index (χ3v) is 6.99. The van der Waals surface area contributed by atoms with E-state index in [-0.39, 0.29) is 0 Å². The van der Waals surface area contributed by atoms with Crippen LogP contribution in [0.25, 0.3) is 11.0 Å². The van der Waals surface area contributed by atoms with E-state index in [1.54, 1.807) is 0 Å². The second-order valence-electron chi connectivity index (χ2n) is 8.90. The van der Waals surface area contributed by atoms with E-state index >= 15 is 0 Å². The highest BCUT2D eigenvalue weighted by Gasteiger charge is 2.26. The van der Waals surface area contributed by atoms with Gasteiger partial charge in [0.25, 0.3) is 0 Å². The molecule has 4 nitrogen and oxygen atoms in total. The quantitative estimate of drug-likeness (QED) is 0.350. The van der Waals surface area contributed by atoms with Crippen LogP contribution >= 0.6 is 11.6 Å². The maximum absolute atomic E-state index is 6.14. The minimum Gasteiger partial charge on any atom is -0.328 e. The molecule has 0 atom stereocenters. The van der Waals surface area contributed by atoms with E-state index < -0.39 is 0 Å². The minimum atomic E-state index is 0.321. The predicted octanol–water partition coefficient (Wildman–Crippen LogP) is 5.80. The molecule has 0 radical (unpaired) electrons. The summed E-state index contributed by atoms with van der Waals surface area (Å²) in [5.74, 6) is 1.06. The van der Waals surface area contributed by atoms with E-state index in [2.05, 4.69) is 93.0 Å². The van der Waals surface area contributed by atoms with Crippen LogP contribution in [0, 0.1) is 6.92 Å². The Morgan fingerprint density at radius 2 is 1.45 bits per heavy atom. The van der Waals surface area contributed by atoms with Gasteiger partial charge in [0, 0.05) is 37.7 Å². The maximum atomic E-state index is 6.14. The van der Waals surface area contributed by atoms with Crippen molar-refractivity contribution in [1.82, 2.24) is 19.4 Å². The molecule has 0 spiro atoms. The molecule has 0 N–H and O–H groups in total. The van der Waals surface area contributed by atoms with Crippen molar-refractivity contribution in [1.29, 1.82) is 0 Å². The van der Waals surface area contributed by atoms with Crippen LogP contribution in [0.15, 0.2) is 78.9 Å². The Morgan fingerprint density at radius 3 is 2.09 bits per heavy atom. The fourth-order valence-corrected chi connectivity index (χ4v) is 5.25. The minimum absolute atomic E-state index is 0.321. The summed E-state index contributed by atoms with van der Waals surface area (Å²) in [6.07, 6.45) is 1.12. The maximum Gasteiger partial charge on any atom is 0.106 e. The number of rotatable bonds is 7. The van der Waals surface area contributed by atoms with Gasteiger partial charge in [-0.2, -0.15) is 0 Å². The zero-order valence-electron chi connectivity index (χ0n) is 19.2. The van der Waals surface area contributed by atoms with Gasteiger partial charge in [0.05, 0.1) is 17.1 Å². The normalized spacial score (nSPS) is 15.5. The van der Waals surface area contributed by atoms with Crippen molar-refractivity contribution in [3.63, 3.8) is 0 Å². The first kappa shape index (κ1) is 22.1. The topological polar surface area (TPSA) is 24.3 Å². The number of aromatic nitrogens is 2. The van der Waals surface area contributed by atoms with Gasteiger partial charge in [-0.3, -0.25) is 4.90 Å². The van der Waals surface area contributed by atoms with E-state index in [1.807, 2.05) is 12.1 Å². The number of hydrogen-bond acceptors (Lipinski definition) is 3. The van der Waals surface area contributed by atoms with Crippen molar-refractivity contribution in [3.8, 4) is 0 Å². The highest BCUT2D eigenvalue weighted by atomic mass is 35.5. The Balaban J connectivity index is 1.20. The lowest BCUT2D eigenvalue weighted by Gasteiger charge is -2.40. The fraction of sp³-hybridized carbons (Fsp3) is 0.321. The molecule has 3 aromatic carbocycles. The van der Waals surface area contributed by atoms with E-state index in [9.17, 15) is 0 Å². The van der Waals surface area contributed by atoms with Gasteiger partial charge in [0.15, 0.2) is 0 Å². The molecule has 2 heterocycles. The van der Waals surface area contributed by atoms with Crippen molar-refractivity contribution >= 4 is 22.6 Å². The lowest BCUT2D eigenvalue weighted by atomic mass is 9.96. The second kappa shape index (κ2) is 10.1. The molecule has 0 saturated carbocycles. The van der Waals surface area contributed by atoms with E-state index in [0.29, 0.717) is 6.04 Å². The lowest BCUT2D eigenvalue weighted by molar-refractivity contribution is 0.108. The van der Waals surface area contributed by atoms with Gasteiger partial charge in [0.2, 0.25) is 0 Å². The Labute approximate surface area is 201 Å². The zero-order chi connectivity index (χ0) is 22.6. The van der Waals surface area contributed by atoms with Gasteiger partial charge in [-0.1, -0.05) is 72.3 Å². The van der Waals surface area contributed by atoms with E-state index in [1.165, 1.54) is 16.6 Å². The van der Waals surface area contributed by atoms with Crippen LogP contribution in [0.3, 0.4) is 0 Å². The summed E-state index contributed by atoms with van der Waals surface area (Å²) >= 11 is 6.14. The fourth-order valence-electron chi connectivity index (χ4n) is 5.09. The largest absolute Gasteiger partial charge is 0.328 e. The predicted molar refractivity (Wildman–Crippen MR) is 137 cm³/mol. The first-order valence-corrected chi connectivity index (χ1v) is 12.3. The van der Waals surface area contributed by atoms with Crippen molar-refractivity contribution in [3.05, 3.63) is 101 Å². The molecule has 1 fully saturated rings. The highest BCUT2D eigenvalue weighted by molar-refractivity contribution is 6.31. The molecule has 1 aliphatic heterocycles. The molecule has 1 aromatic heterocycles. The molecule has 0 unspecified atom stereocenters. The third kappa shape index (κ3) is 4.98. The van der Waals surface area contributed by atoms with Crippen molar-refractivity contribution in [2.75, 3.05) is 32.7 Å². The highest BCUT2D eigenvalue weighted by Crippen LogP contribution is 2.29. The Bertz CT molecular complexity index is 1140. The van der Waals surface area contributed by atoms with Crippen molar-refractivity contribution < 1.29 is 0 Å². The summed E-state index contributed by atoms with van der Waals surface area (Å²) in [5, 5.41) is 0.745. The molecule has 1 aliphatic rings. The average Bonchev–Trinajstić information content (AvgIpc) is 3.15. The summed E-state index contributed by atoms with van der Waals surface area (Å²) in [6.45, 7) is 8.56. The van der Waals surface area contributed by atoms with Crippen LogP contribution in [0.2, 0.25) is 5.02 Å². The molecule has 0 amide bonds. The lowest BCUT2D eigenvalue weighted by Crippen LogP contribution is -2.48. The van der Waals surface area contributed by atoms with Crippen LogP contribution in [0.4, 0.5) is 0 Å². The molecule has 5 rings (SSSR count). The first-order chi connectivity index (χ1) is 16.2. The molecule has 33 heavy (non-hydrogen) atoms. The van der Waals surface area contributed by atoms with Gasteiger partial charge in [-0.05, 0) is 49.2 Å². The van der Waals surface area contributed by atoms with Crippen LogP contribution in [-0.2, 0) is 6.54 Å². The van der Waals surface area contributed by atoms with Crippen molar-refractivity contribution in [2.45, 2.75) is 25.9 Å². The van der Waals surface area contributed by atoms with Crippen LogP contribution in [-0.4, -0.2) is 52.1 Å². The Hall–Kier alpha value is -2.66. The zero-order valence-corrected chi connectivity index (χ0v) is 20.0. The van der Waals surface area contributed by atoms with Gasteiger partial charge < -0.3 is 9.47 Å². The number of aryl methyl sites for hydroxylation is 2. The molecular formula is C28H31ClN4. The summed E-state index contributed by atoms with van der Waals surface area (Å²) in [7, 11) is 0. The number of piperazine rings is 1. The van der Waals surface area contributed by atoms with Gasteiger partial charge >= 0.3 is 0 Å². The molecule has 0 aliphatic carbocycles. The number of imidazole rings is 1. The number of benzene rings is 3. The average molecular weight is 459 g/mol. The summed E-state index contributed by atoms with van der Waals surface area (Å²) < 4.78 is 2.32. The molecule has 5 heteroatoms. The summed E-state index contributed by atoms with van der Waals surface area (Å²) in [4.78, 5) is 9.93. The molecule has 1 saturated heterocycles. The smallest absolute Gasteiger partial charge is 0.106 e. The van der Waals surface area contributed by atoms with Gasteiger partial charge in [-0.15, -0.1) is 0 Å². The SMILES string of the molecule is Cc1nc2cc(Cl)ccc2n1CCCN1CCN(C(c2ccccc2)c2ccccc2)CC1. The van der Waals surface area contributed by atoms with Crippen molar-refractivity contribution in [2.24, 2.45) is 0 Å². The number of hydrogen-bond donors (Lipinski definition) is 0. The monoisotopic (exact) mass is 458 g/mol. The summed E-state index contributed by atoms with van der Waals surface area (Å²) in [5.41, 5.74) is 4.91. The number of halogens is 1. The van der Waals surface area contributed by atoms with Gasteiger partial charge in [-0.25, -0.2) is 4.98 Å². The van der Waals surface area contributed by atoms with E-state index in [4.69, 9.17) is 11.6 Å². The van der Waals surface area contributed by atoms with Gasteiger partial charge in [0.1, 0.15) is 5.82 Å². The van der Waals surface area contributed by atoms with Crippen LogP contribution in [0.1, 0.15) is 29.4 Å². The summed E-state index contributed by atoms with van der Waals surface area (Å²) in [6, 6.07) is 28.2. The van der Waals surface area contributed by atoms with E-state index in [0.717, 1.165) is 62.1 Å². The standard InChI is InChI=1S/C28H31ClN4/c1-22-30-26-21-25(29)13-14-27(26)33(22)16-8-15-31-17-19-32(20-18-31)28(23-9-4-2-5-10-23)24-11-6-3-7-12-24/h2-7,9-14,21,28H,8,15-20H2,1H3.